The van der Waals surface area contributed by atoms with Gasteiger partial charge in [-0.2, -0.15) is 0 Å². The first-order valence-corrected chi connectivity index (χ1v) is 8.28. The Morgan fingerprint density at radius 3 is 2.86 bits per heavy atom. The van der Waals surface area contributed by atoms with Gasteiger partial charge >= 0.3 is 0 Å². The lowest BCUT2D eigenvalue weighted by atomic mass is 9.77. The van der Waals surface area contributed by atoms with Crippen LogP contribution in [0.2, 0.25) is 0 Å². The number of likely N-dealkylation sites (N-methyl/N-ethyl adjacent to an activating group) is 1. The number of para-hydroxylation sites is 1. The average molecular weight is 282 g/mol. The molecular weight excluding hydrogens is 256 g/mol. The summed E-state index contributed by atoms with van der Waals surface area (Å²) in [6.07, 6.45) is 6.55. The predicted molar refractivity (Wildman–Crippen MR) is 89.4 cm³/mol. The molecule has 1 aromatic heterocycles. The highest BCUT2D eigenvalue weighted by Gasteiger charge is 2.26. The topological polar surface area (TPSA) is 24.9 Å². The first-order valence-electron chi connectivity index (χ1n) is 8.28. The standard InChI is InChI=1S/C19H26N2/c1-14-6-5-8-16(12-14)19(20-2)13-17-11-10-15-7-3-4-9-18(15)21-17/h3-4,7,9-11,14,16,19-20H,5-6,8,12-13H2,1-2H3. The van der Waals surface area contributed by atoms with Crippen molar-refractivity contribution >= 4 is 10.9 Å². The Labute approximate surface area is 128 Å². The minimum absolute atomic E-state index is 0.557. The highest BCUT2D eigenvalue weighted by Crippen LogP contribution is 2.31. The van der Waals surface area contributed by atoms with Gasteiger partial charge in [-0.05, 0) is 43.9 Å². The SMILES string of the molecule is CNC(Cc1ccc2ccccc2n1)C1CCCC(C)C1. The van der Waals surface area contributed by atoms with Crippen LogP contribution in [0.25, 0.3) is 10.9 Å². The lowest BCUT2D eigenvalue weighted by Gasteiger charge is -2.33. The molecule has 1 aromatic carbocycles. The van der Waals surface area contributed by atoms with Gasteiger partial charge in [0.15, 0.2) is 0 Å². The molecule has 0 amide bonds. The molecule has 21 heavy (non-hydrogen) atoms. The average Bonchev–Trinajstić information content (AvgIpc) is 2.52. The fourth-order valence-electron chi connectivity index (χ4n) is 3.80. The van der Waals surface area contributed by atoms with Crippen molar-refractivity contribution in [2.45, 2.75) is 45.1 Å². The van der Waals surface area contributed by atoms with Gasteiger partial charge in [-0.1, -0.05) is 44.0 Å². The first kappa shape index (κ1) is 14.5. The maximum absolute atomic E-state index is 4.84. The molecule has 1 heterocycles. The minimum atomic E-state index is 0.557. The van der Waals surface area contributed by atoms with Crippen molar-refractivity contribution < 1.29 is 0 Å². The molecule has 3 rings (SSSR count). The zero-order chi connectivity index (χ0) is 14.7. The monoisotopic (exact) mass is 282 g/mol. The zero-order valence-electron chi connectivity index (χ0n) is 13.2. The summed E-state index contributed by atoms with van der Waals surface area (Å²) >= 11 is 0. The van der Waals surface area contributed by atoms with Crippen molar-refractivity contribution in [2.75, 3.05) is 7.05 Å². The Balaban J connectivity index is 1.75. The van der Waals surface area contributed by atoms with E-state index in [1.807, 2.05) is 0 Å². The molecule has 1 fully saturated rings. The van der Waals surface area contributed by atoms with Crippen LogP contribution in [0, 0.1) is 11.8 Å². The molecule has 2 aromatic rings. The van der Waals surface area contributed by atoms with E-state index in [9.17, 15) is 0 Å². The van der Waals surface area contributed by atoms with Crippen LogP contribution in [0.3, 0.4) is 0 Å². The van der Waals surface area contributed by atoms with Crippen LogP contribution in [0.4, 0.5) is 0 Å². The van der Waals surface area contributed by atoms with E-state index in [4.69, 9.17) is 4.98 Å². The fraction of sp³-hybridized carbons (Fsp3) is 0.526. The number of aromatic nitrogens is 1. The number of nitrogens with one attached hydrogen (secondary N) is 1. The number of hydrogen-bond acceptors (Lipinski definition) is 2. The van der Waals surface area contributed by atoms with Gasteiger partial charge in [0.1, 0.15) is 0 Å². The van der Waals surface area contributed by atoms with Crippen molar-refractivity contribution in [3.05, 3.63) is 42.1 Å². The lowest BCUT2D eigenvalue weighted by molar-refractivity contribution is 0.226. The summed E-state index contributed by atoms with van der Waals surface area (Å²) in [5.74, 6) is 1.68. The van der Waals surface area contributed by atoms with E-state index >= 15 is 0 Å². The molecular formula is C19H26N2. The van der Waals surface area contributed by atoms with Crippen molar-refractivity contribution in [3.8, 4) is 0 Å². The molecule has 3 unspecified atom stereocenters. The van der Waals surface area contributed by atoms with Crippen LogP contribution in [0.15, 0.2) is 36.4 Å². The van der Waals surface area contributed by atoms with Gasteiger partial charge in [0.05, 0.1) is 5.52 Å². The number of fused-ring (bicyclic) bond motifs is 1. The van der Waals surface area contributed by atoms with E-state index in [0.29, 0.717) is 6.04 Å². The van der Waals surface area contributed by atoms with Crippen molar-refractivity contribution in [1.29, 1.82) is 0 Å². The van der Waals surface area contributed by atoms with Gasteiger partial charge in [0, 0.05) is 23.5 Å². The summed E-state index contributed by atoms with van der Waals surface area (Å²) in [4.78, 5) is 4.84. The molecule has 2 nitrogen and oxygen atoms in total. The van der Waals surface area contributed by atoms with Crippen LogP contribution in [-0.2, 0) is 6.42 Å². The lowest BCUT2D eigenvalue weighted by Crippen LogP contribution is -2.38. The van der Waals surface area contributed by atoms with Crippen LogP contribution in [0.1, 0.15) is 38.3 Å². The summed E-state index contributed by atoms with van der Waals surface area (Å²) in [6, 6.07) is 13.3. The molecule has 2 heteroatoms. The molecule has 1 aliphatic rings. The minimum Gasteiger partial charge on any atom is -0.316 e. The summed E-state index contributed by atoms with van der Waals surface area (Å²) < 4.78 is 0. The number of benzene rings is 1. The van der Waals surface area contributed by atoms with E-state index < -0.39 is 0 Å². The van der Waals surface area contributed by atoms with Crippen LogP contribution in [0.5, 0.6) is 0 Å². The second kappa shape index (κ2) is 6.57. The maximum atomic E-state index is 4.84. The quantitative estimate of drug-likeness (QED) is 0.909. The molecule has 0 bridgehead atoms. The second-order valence-corrected chi connectivity index (χ2v) is 6.63. The van der Waals surface area contributed by atoms with Crippen LogP contribution in [-0.4, -0.2) is 18.1 Å². The Morgan fingerprint density at radius 2 is 2.05 bits per heavy atom. The van der Waals surface area contributed by atoms with Crippen molar-refractivity contribution in [3.63, 3.8) is 0 Å². The second-order valence-electron chi connectivity index (χ2n) is 6.63. The third kappa shape index (κ3) is 3.44. The Bertz CT molecular complexity index is 593. The number of nitrogens with zero attached hydrogens (tertiary/aromatic N) is 1. The largest absolute Gasteiger partial charge is 0.316 e. The summed E-state index contributed by atoms with van der Waals surface area (Å²) in [5, 5.41) is 4.78. The molecule has 1 saturated carbocycles. The molecule has 1 N–H and O–H groups in total. The van der Waals surface area contributed by atoms with Crippen molar-refractivity contribution in [1.82, 2.24) is 10.3 Å². The first-order chi connectivity index (χ1) is 10.3. The predicted octanol–water partition coefficient (Wildman–Crippen LogP) is 4.19. The van der Waals surface area contributed by atoms with Crippen LogP contribution >= 0.6 is 0 Å². The number of pyridine rings is 1. The van der Waals surface area contributed by atoms with E-state index in [0.717, 1.165) is 23.8 Å². The zero-order valence-corrected chi connectivity index (χ0v) is 13.2. The Morgan fingerprint density at radius 1 is 1.19 bits per heavy atom. The highest BCUT2D eigenvalue weighted by atomic mass is 14.9. The van der Waals surface area contributed by atoms with E-state index in [-0.39, 0.29) is 0 Å². The Hall–Kier alpha value is -1.41. The molecule has 1 aliphatic carbocycles. The van der Waals surface area contributed by atoms with Gasteiger partial charge in [-0.25, -0.2) is 0 Å². The van der Waals surface area contributed by atoms with Crippen LogP contribution < -0.4 is 5.32 Å². The molecule has 0 saturated heterocycles. The van der Waals surface area contributed by atoms with E-state index in [1.165, 1.54) is 36.8 Å². The van der Waals surface area contributed by atoms with Gasteiger partial charge in [-0.3, -0.25) is 4.98 Å². The third-order valence-corrected chi connectivity index (χ3v) is 5.00. The van der Waals surface area contributed by atoms with Gasteiger partial charge in [-0.15, -0.1) is 0 Å². The summed E-state index contributed by atoms with van der Waals surface area (Å²) in [7, 11) is 2.10. The molecule has 0 aliphatic heterocycles. The van der Waals surface area contributed by atoms with Gasteiger partial charge in [0.25, 0.3) is 0 Å². The third-order valence-electron chi connectivity index (χ3n) is 5.00. The molecule has 112 valence electrons. The maximum Gasteiger partial charge on any atom is 0.0705 e. The van der Waals surface area contributed by atoms with Crippen molar-refractivity contribution in [2.24, 2.45) is 11.8 Å². The number of rotatable bonds is 4. The van der Waals surface area contributed by atoms with E-state index in [2.05, 4.69) is 55.7 Å². The summed E-state index contributed by atoms with van der Waals surface area (Å²) in [6.45, 7) is 2.40. The normalized spacial score (nSPS) is 24.1. The van der Waals surface area contributed by atoms with E-state index in [1.54, 1.807) is 0 Å². The Kier molecular flexibility index (Phi) is 4.54. The number of hydrogen-bond donors (Lipinski definition) is 1. The highest BCUT2D eigenvalue weighted by molar-refractivity contribution is 5.78. The van der Waals surface area contributed by atoms with Gasteiger partial charge < -0.3 is 5.32 Å². The summed E-state index contributed by atoms with van der Waals surface area (Å²) in [5.41, 5.74) is 2.33. The smallest absolute Gasteiger partial charge is 0.0705 e. The molecule has 3 atom stereocenters. The fourth-order valence-corrected chi connectivity index (χ4v) is 3.80. The van der Waals surface area contributed by atoms with Gasteiger partial charge in [0.2, 0.25) is 0 Å². The molecule has 0 spiro atoms. The molecule has 0 radical (unpaired) electrons.